The maximum absolute atomic E-state index is 14.2. The van der Waals surface area contributed by atoms with Crippen molar-refractivity contribution >= 4 is 58.2 Å². The number of allylic oxidation sites excluding steroid dienone is 2. The van der Waals surface area contributed by atoms with Crippen LogP contribution in [0.5, 0.6) is 0 Å². The fraction of sp³-hybridized carbons (Fsp3) is 0.483. The number of rotatable bonds is 18. The highest BCUT2D eigenvalue weighted by Gasteiger charge is 2.55. The first-order valence-corrected chi connectivity index (χ1v) is 26.5. The van der Waals surface area contributed by atoms with E-state index in [2.05, 4.69) is 13.2 Å². The first kappa shape index (κ1) is 60.8. The summed E-state index contributed by atoms with van der Waals surface area (Å²) in [6.07, 6.45) is -4.46. The molecule has 6 rings (SSSR count). The number of aliphatic hydroxyl groups is 2. The van der Waals surface area contributed by atoms with Crippen LogP contribution in [0.15, 0.2) is 122 Å². The second kappa shape index (κ2) is 24.5. The van der Waals surface area contributed by atoms with Crippen LogP contribution < -0.4 is 0 Å². The van der Waals surface area contributed by atoms with E-state index in [1.165, 1.54) is 0 Å². The van der Waals surface area contributed by atoms with Gasteiger partial charge in [-0.1, -0.05) is 135 Å². The van der Waals surface area contributed by atoms with Crippen molar-refractivity contribution in [2.75, 3.05) is 0 Å². The zero-order valence-corrected chi connectivity index (χ0v) is 45.8. The molecule has 2 aliphatic rings. The van der Waals surface area contributed by atoms with Crippen LogP contribution in [0.3, 0.4) is 0 Å². The molecule has 4 aromatic carbocycles. The average Bonchev–Trinajstić information content (AvgIpc) is 3.32. The Bertz CT molecular complexity index is 2380. The number of benzene rings is 4. The zero-order chi connectivity index (χ0) is 55.2. The maximum Gasteiger partial charge on any atom is 0.416 e. The van der Waals surface area contributed by atoms with Gasteiger partial charge < -0.3 is 20.0 Å². The number of nitrogens with zero attached hydrogens (tertiary/aromatic N) is 2. The van der Waals surface area contributed by atoms with Crippen molar-refractivity contribution in [2.24, 2.45) is 10.8 Å². The van der Waals surface area contributed by atoms with E-state index in [0.717, 1.165) is 36.1 Å². The van der Waals surface area contributed by atoms with Crippen LogP contribution in [0.4, 0.5) is 26.3 Å². The fourth-order valence-corrected chi connectivity index (χ4v) is 11.5. The van der Waals surface area contributed by atoms with Gasteiger partial charge in [0.15, 0.2) is 11.2 Å². The zero-order valence-electron chi connectivity index (χ0n) is 42.7. The van der Waals surface area contributed by atoms with Crippen molar-refractivity contribution in [3.8, 4) is 0 Å². The monoisotopic (exact) mass is 1110 g/mol. The van der Waals surface area contributed by atoms with Gasteiger partial charge in [0, 0.05) is 44.0 Å². The molecule has 4 unspecified atom stereocenters. The Morgan fingerprint density at radius 2 is 0.905 bits per heavy atom. The minimum absolute atomic E-state index is 0.00866. The molecule has 2 amide bonds. The second-order valence-corrected chi connectivity index (χ2v) is 22.7. The number of carbonyl (C=O) groups is 2. The van der Waals surface area contributed by atoms with Crippen molar-refractivity contribution in [2.45, 2.75) is 165 Å². The summed E-state index contributed by atoms with van der Waals surface area (Å²) in [5.41, 5.74) is -3.77. The number of piperidine rings is 2. The predicted molar refractivity (Wildman–Crippen MR) is 286 cm³/mol. The molecule has 4 aromatic rings. The lowest BCUT2D eigenvalue weighted by molar-refractivity contribution is -0.256. The molecule has 10 atom stereocenters. The minimum Gasteiger partial charge on any atom is -0.381 e. The molecule has 6 nitrogen and oxygen atoms in total. The van der Waals surface area contributed by atoms with E-state index in [9.17, 15) is 46.1 Å². The third-order valence-corrected chi connectivity index (χ3v) is 16.2. The fourth-order valence-electron chi connectivity index (χ4n) is 10.8. The summed E-state index contributed by atoms with van der Waals surface area (Å²) in [6, 6.07) is 27.5. The summed E-state index contributed by atoms with van der Waals surface area (Å²) in [7, 11) is 0. The van der Waals surface area contributed by atoms with Gasteiger partial charge in [-0.15, -0.1) is 13.2 Å². The second-order valence-electron chi connectivity index (χ2n) is 21.0. The summed E-state index contributed by atoms with van der Waals surface area (Å²) in [5, 5.41) is 22.5. The van der Waals surface area contributed by atoms with Gasteiger partial charge in [0.05, 0.1) is 22.9 Å². The predicted octanol–water partition coefficient (Wildman–Crippen LogP) is 17.0. The van der Waals surface area contributed by atoms with E-state index in [1.54, 1.807) is 58.4 Å². The molecule has 0 aliphatic carbocycles. The van der Waals surface area contributed by atoms with Crippen LogP contribution >= 0.6 is 46.4 Å². The Hall–Kier alpha value is -4.04. The smallest absolute Gasteiger partial charge is 0.381 e. The van der Waals surface area contributed by atoms with Crippen LogP contribution in [0.1, 0.15) is 152 Å². The molecule has 0 aromatic heterocycles. The van der Waals surface area contributed by atoms with Gasteiger partial charge in [0.25, 0.3) is 0 Å². The van der Waals surface area contributed by atoms with E-state index in [1.807, 2.05) is 88.4 Å². The maximum atomic E-state index is 14.2. The number of likely N-dealkylation sites (tertiary alicyclic amines) is 2. The highest BCUT2D eigenvalue weighted by Crippen LogP contribution is 2.55. The van der Waals surface area contributed by atoms with Crippen molar-refractivity contribution < 1.29 is 46.1 Å². The molecule has 2 aliphatic heterocycles. The van der Waals surface area contributed by atoms with Gasteiger partial charge in [0.2, 0.25) is 11.8 Å². The molecule has 404 valence electrons. The number of halogens is 10. The molecule has 2 saturated heterocycles. The van der Waals surface area contributed by atoms with E-state index in [4.69, 9.17) is 46.4 Å². The van der Waals surface area contributed by atoms with Crippen LogP contribution in [0.2, 0.25) is 20.1 Å². The van der Waals surface area contributed by atoms with E-state index in [-0.39, 0.29) is 36.5 Å². The van der Waals surface area contributed by atoms with Crippen LogP contribution in [-0.4, -0.2) is 67.5 Å². The molecule has 2 fully saturated rings. The van der Waals surface area contributed by atoms with Crippen LogP contribution in [-0.2, 0) is 9.59 Å². The highest BCUT2D eigenvalue weighted by atomic mass is 35.5. The lowest BCUT2D eigenvalue weighted by Gasteiger charge is -2.52. The number of hydrogen-bond acceptors (Lipinski definition) is 4. The quantitative estimate of drug-likeness (QED) is 0.0768. The molecule has 74 heavy (non-hydrogen) atoms. The van der Waals surface area contributed by atoms with Crippen molar-refractivity contribution in [3.63, 3.8) is 0 Å². The Balaban J connectivity index is 0.000000274. The SMILES string of the molecule is C=CC[C@@]1(C)CC(c2cccc(Cl)c2)C(c2ccc(Cl)cc2)N([C@@H](CC)CC[C@@](C)(O)C(F)(F)F)C1=O.C=CC[C@@]1(C)CC(c2cccc(Cl)c2)C(c2ccc(Cl)cc2)N([C@@H](CC)CC[C@](C)(O)C(F)(F)F)C1=O. The third-order valence-electron chi connectivity index (χ3n) is 15.2. The molecule has 2 N–H and O–H groups in total. The molecule has 0 saturated carbocycles. The van der Waals surface area contributed by atoms with E-state index < -0.39 is 71.4 Å². The Morgan fingerprint density at radius 1 is 0.581 bits per heavy atom. The molecular weight excluding hydrogens is 1040 g/mol. The van der Waals surface area contributed by atoms with Crippen molar-refractivity contribution in [3.05, 3.63) is 165 Å². The molecular formula is C58H68Cl4F6N2O4. The Labute approximate surface area is 452 Å². The number of carbonyl (C=O) groups excluding carboxylic acids is 2. The summed E-state index contributed by atoms with van der Waals surface area (Å²) in [4.78, 5) is 31.9. The number of hydrogen-bond donors (Lipinski definition) is 2. The van der Waals surface area contributed by atoms with E-state index in [0.29, 0.717) is 58.6 Å². The van der Waals surface area contributed by atoms with Crippen LogP contribution in [0.25, 0.3) is 0 Å². The topological polar surface area (TPSA) is 81.1 Å². The summed E-state index contributed by atoms with van der Waals surface area (Å²) in [6.45, 7) is 16.8. The molecule has 0 radical (unpaired) electrons. The number of alkyl halides is 6. The molecule has 0 bridgehead atoms. The van der Waals surface area contributed by atoms with Gasteiger partial charge in [0.1, 0.15) is 0 Å². The van der Waals surface area contributed by atoms with Gasteiger partial charge in [-0.3, -0.25) is 9.59 Å². The molecule has 0 spiro atoms. The van der Waals surface area contributed by atoms with Gasteiger partial charge in [-0.05, 0) is 149 Å². The Kier molecular flexibility index (Phi) is 20.2. The molecule has 16 heteroatoms. The summed E-state index contributed by atoms with van der Waals surface area (Å²) >= 11 is 25.1. The van der Waals surface area contributed by atoms with Crippen molar-refractivity contribution in [1.29, 1.82) is 0 Å². The van der Waals surface area contributed by atoms with Gasteiger partial charge in [-0.2, -0.15) is 26.3 Å². The normalized spacial score (nSPS) is 25.0. The van der Waals surface area contributed by atoms with Crippen LogP contribution in [0, 0.1) is 10.8 Å². The molecule has 2 heterocycles. The van der Waals surface area contributed by atoms with E-state index >= 15 is 0 Å². The third kappa shape index (κ3) is 13.9. The standard InChI is InChI=1S/2C29H34Cl2F3NO2/c2*1-5-15-27(3)18-24(20-8-7-9-22(31)17-20)25(19-10-12-21(30)13-11-19)35(26(27)36)23(6-2)14-16-28(4,37)29(32,33)34/h2*5,7-13,17,23-25,37H,1,6,14-16,18H2,2-4H3/t23-,24?,25?,27-,28+;23-,24?,25?,27-,28-/m00/s1. The van der Waals surface area contributed by atoms with Gasteiger partial charge >= 0.3 is 12.4 Å². The summed E-state index contributed by atoms with van der Waals surface area (Å²) in [5.74, 6) is -0.632. The minimum atomic E-state index is -4.77. The average molecular weight is 1110 g/mol. The number of amides is 2. The van der Waals surface area contributed by atoms with Gasteiger partial charge in [-0.25, -0.2) is 0 Å². The lowest BCUT2D eigenvalue weighted by Crippen LogP contribution is -2.56. The Morgan fingerprint density at radius 3 is 1.18 bits per heavy atom. The highest BCUT2D eigenvalue weighted by molar-refractivity contribution is 6.31. The van der Waals surface area contributed by atoms with Crippen molar-refractivity contribution in [1.82, 2.24) is 9.80 Å². The largest absolute Gasteiger partial charge is 0.416 e. The lowest BCUT2D eigenvalue weighted by atomic mass is 9.67. The summed E-state index contributed by atoms with van der Waals surface area (Å²) < 4.78 is 80.8. The first-order chi connectivity index (χ1) is 34.5. The first-order valence-electron chi connectivity index (χ1n) is 25.0.